The van der Waals surface area contributed by atoms with Crippen molar-refractivity contribution < 1.29 is 14.0 Å². The van der Waals surface area contributed by atoms with Crippen molar-refractivity contribution in [1.82, 2.24) is 5.48 Å². The molecule has 1 amide bonds. The Morgan fingerprint density at radius 1 is 1.41 bits per heavy atom. The van der Waals surface area contributed by atoms with Crippen LogP contribution in [-0.2, 0) is 4.84 Å². The van der Waals surface area contributed by atoms with E-state index in [0.717, 1.165) is 31.7 Å². The second-order valence-corrected chi connectivity index (χ2v) is 4.49. The molecule has 0 unspecified atom stereocenters. The van der Waals surface area contributed by atoms with Gasteiger partial charge in [0.05, 0.1) is 11.1 Å². The molecule has 0 radical (unpaired) electrons. The monoisotopic (exact) mass is 257 g/mol. The number of amides is 1. The Balaban J connectivity index is 1.92. The van der Waals surface area contributed by atoms with Crippen molar-refractivity contribution >= 4 is 17.5 Å². The molecule has 1 fully saturated rings. The van der Waals surface area contributed by atoms with Crippen LogP contribution in [0.5, 0.6) is 0 Å². The summed E-state index contributed by atoms with van der Waals surface area (Å²) in [5.74, 6) is -1.06. The third kappa shape index (κ3) is 3.17. The minimum absolute atomic E-state index is 0.00161. The predicted molar refractivity (Wildman–Crippen MR) is 62.2 cm³/mol. The van der Waals surface area contributed by atoms with E-state index in [4.69, 9.17) is 16.4 Å². The Morgan fingerprint density at radius 2 is 2.12 bits per heavy atom. The van der Waals surface area contributed by atoms with Gasteiger partial charge in [0.1, 0.15) is 5.82 Å². The zero-order valence-electron chi connectivity index (χ0n) is 9.21. The topological polar surface area (TPSA) is 38.3 Å². The van der Waals surface area contributed by atoms with Crippen molar-refractivity contribution in [1.29, 1.82) is 0 Å². The van der Waals surface area contributed by atoms with Gasteiger partial charge in [-0.25, -0.2) is 9.87 Å². The number of hydroxylamine groups is 1. The first kappa shape index (κ1) is 12.3. The van der Waals surface area contributed by atoms with Crippen molar-refractivity contribution in [3.05, 3.63) is 34.6 Å². The molecular weight excluding hydrogens is 245 g/mol. The van der Waals surface area contributed by atoms with Gasteiger partial charge >= 0.3 is 0 Å². The van der Waals surface area contributed by atoms with Gasteiger partial charge in [-0.05, 0) is 31.0 Å². The van der Waals surface area contributed by atoms with E-state index in [1.54, 1.807) is 0 Å². The average molecular weight is 258 g/mol. The van der Waals surface area contributed by atoms with Crippen molar-refractivity contribution in [2.75, 3.05) is 0 Å². The lowest BCUT2D eigenvalue weighted by atomic mass is 10.2. The highest BCUT2D eigenvalue weighted by Gasteiger charge is 2.17. The number of carbonyl (C=O) groups is 1. The van der Waals surface area contributed by atoms with Crippen molar-refractivity contribution in [3.63, 3.8) is 0 Å². The zero-order chi connectivity index (χ0) is 12.3. The molecule has 1 aliphatic carbocycles. The summed E-state index contributed by atoms with van der Waals surface area (Å²) in [6.07, 6.45) is 4.23. The van der Waals surface area contributed by atoms with Gasteiger partial charge in [0.2, 0.25) is 0 Å². The summed E-state index contributed by atoms with van der Waals surface area (Å²) in [5.41, 5.74) is 2.54. The number of carbonyl (C=O) groups excluding carboxylic acids is 1. The predicted octanol–water partition coefficient (Wildman–Crippen LogP) is 3.08. The SMILES string of the molecule is O=C(NOC1CCCC1)c1ccc(Cl)c(F)c1. The van der Waals surface area contributed by atoms with Gasteiger partial charge in [-0.3, -0.25) is 9.63 Å². The Bertz CT molecular complexity index is 419. The summed E-state index contributed by atoms with van der Waals surface area (Å²) in [6.45, 7) is 0. The van der Waals surface area contributed by atoms with Gasteiger partial charge < -0.3 is 0 Å². The van der Waals surface area contributed by atoms with Crippen LogP contribution in [0.2, 0.25) is 5.02 Å². The summed E-state index contributed by atoms with van der Waals surface area (Å²) >= 11 is 5.53. The van der Waals surface area contributed by atoms with Crippen molar-refractivity contribution in [2.24, 2.45) is 0 Å². The molecule has 0 spiro atoms. The van der Waals surface area contributed by atoms with Gasteiger partial charge in [-0.2, -0.15) is 0 Å². The van der Waals surface area contributed by atoms with E-state index in [1.165, 1.54) is 12.1 Å². The van der Waals surface area contributed by atoms with Crippen LogP contribution in [0, 0.1) is 5.82 Å². The summed E-state index contributed by atoms with van der Waals surface area (Å²) in [7, 11) is 0. The van der Waals surface area contributed by atoms with Crippen LogP contribution in [0.3, 0.4) is 0 Å². The molecule has 0 saturated heterocycles. The highest BCUT2D eigenvalue weighted by atomic mass is 35.5. The summed E-state index contributed by atoms with van der Waals surface area (Å²) in [5, 5.41) is -0.00161. The first-order chi connectivity index (χ1) is 8.16. The minimum Gasteiger partial charge on any atom is -0.270 e. The quantitative estimate of drug-likeness (QED) is 0.845. The van der Waals surface area contributed by atoms with E-state index in [-0.39, 0.29) is 16.7 Å². The Morgan fingerprint density at radius 3 is 2.76 bits per heavy atom. The zero-order valence-corrected chi connectivity index (χ0v) is 9.97. The molecule has 0 heterocycles. The molecule has 5 heteroatoms. The van der Waals surface area contributed by atoms with Crippen LogP contribution in [0.1, 0.15) is 36.0 Å². The van der Waals surface area contributed by atoms with Crippen molar-refractivity contribution in [2.45, 2.75) is 31.8 Å². The smallest absolute Gasteiger partial charge is 0.270 e. The molecule has 1 N–H and O–H groups in total. The van der Waals surface area contributed by atoms with Crippen LogP contribution in [0.4, 0.5) is 4.39 Å². The fraction of sp³-hybridized carbons (Fsp3) is 0.417. The molecule has 1 aromatic rings. The lowest BCUT2D eigenvalue weighted by molar-refractivity contribution is -0.0125. The maximum Gasteiger partial charge on any atom is 0.274 e. The van der Waals surface area contributed by atoms with Gasteiger partial charge in [-0.1, -0.05) is 24.4 Å². The van der Waals surface area contributed by atoms with E-state index in [0.29, 0.717) is 0 Å². The molecule has 0 aliphatic heterocycles. The minimum atomic E-state index is -0.611. The fourth-order valence-electron chi connectivity index (χ4n) is 1.84. The molecule has 17 heavy (non-hydrogen) atoms. The van der Waals surface area contributed by atoms with Gasteiger partial charge in [0, 0.05) is 5.56 Å². The van der Waals surface area contributed by atoms with Gasteiger partial charge in [0.15, 0.2) is 0 Å². The summed E-state index contributed by atoms with van der Waals surface area (Å²) < 4.78 is 13.1. The van der Waals surface area contributed by atoms with Crippen LogP contribution in [0.25, 0.3) is 0 Å². The van der Waals surface area contributed by atoms with Crippen LogP contribution in [-0.4, -0.2) is 12.0 Å². The first-order valence-corrected chi connectivity index (χ1v) is 5.95. The highest BCUT2D eigenvalue weighted by Crippen LogP contribution is 2.20. The van der Waals surface area contributed by atoms with E-state index in [2.05, 4.69) is 5.48 Å². The third-order valence-electron chi connectivity index (χ3n) is 2.80. The maximum absolute atomic E-state index is 13.1. The molecule has 92 valence electrons. The second-order valence-electron chi connectivity index (χ2n) is 4.08. The van der Waals surface area contributed by atoms with E-state index >= 15 is 0 Å². The highest BCUT2D eigenvalue weighted by molar-refractivity contribution is 6.30. The standard InChI is InChI=1S/C12H13ClFNO2/c13-10-6-5-8(7-11(10)14)12(16)15-17-9-3-1-2-4-9/h5-7,9H,1-4H2,(H,15,16). The van der Waals surface area contributed by atoms with Crippen LogP contribution < -0.4 is 5.48 Å². The largest absolute Gasteiger partial charge is 0.274 e. The normalized spacial score (nSPS) is 16.1. The Labute approximate surface area is 104 Å². The maximum atomic E-state index is 13.1. The first-order valence-electron chi connectivity index (χ1n) is 5.58. The molecule has 0 bridgehead atoms. The Kier molecular flexibility index (Phi) is 3.97. The van der Waals surface area contributed by atoms with E-state index in [1.807, 2.05) is 0 Å². The number of halogens is 2. The van der Waals surface area contributed by atoms with Crippen LogP contribution in [0.15, 0.2) is 18.2 Å². The number of hydrogen-bond acceptors (Lipinski definition) is 2. The second kappa shape index (κ2) is 5.47. The average Bonchev–Trinajstić information content (AvgIpc) is 2.82. The van der Waals surface area contributed by atoms with E-state index in [9.17, 15) is 9.18 Å². The number of benzene rings is 1. The number of hydrogen-bond donors (Lipinski definition) is 1. The number of rotatable bonds is 3. The molecular formula is C12H13ClFNO2. The van der Waals surface area contributed by atoms with Crippen molar-refractivity contribution in [3.8, 4) is 0 Å². The van der Waals surface area contributed by atoms with Gasteiger partial charge in [-0.15, -0.1) is 0 Å². The van der Waals surface area contributed by atoms with Crippen LogP contribution >= 0.6 is 11.6 Å². The lowest BCUT2D eigenvalue weighted by Crippen LogP contribution is -2.28. The summed E-state index contributed by atoms with van der Waals surface area (Å²) in [6, 6.07) is 3.90. The summed E-state index contributed by atoms with van der Waals surface area (Å²) in [4.78, 5) is 16.9. The Hall–Kier alpha value is -1.13. The van der Waals surface area contributed by atoms with Gasteiger partial charge in [0.25, 0.3) is 5.91 Å². The molecule has 2 rings (SSSR count). The lowest BCUT2D eigenvalue weighted by Gasteiger charge is -2.11. The molecule has 1 aliphatic rings. The molecule has 0 aromatic heterocycles. The molecule has 3 nitrogen and oxygen atoms in total. The molecule has 1 aromatic carbocycles. The molecule has 0 atom stereocenters. The molecule has 1 saturated carbocycles. The fourth-order valence-corrected chi connectivity index (χ4v) is 1.96. The van der Waals surface area contributed by atoms with E-state index < -0.39 is 11.7 Å². The number of nitrogens with one attached hydrogen (secondary N) is 1. The third-order valence-corrected chi connectivity index (χ3v) is 3.11.